The van der Waals surface area contributed by atoms with Crippen molar-refractivity contribution in [2.24, 2.45) is 0 Å². The van der Waals surface area contributed by atoms with Crippen LogP contribution in [0.5, 0.6) is 0 Å². The zero-order valence-corrected chi connectivity index (χ0v) is 11.3. The lowest BCUT2D eigenvalue weighted by Gasteiger charge is -2.20. The second-order valence-electron chi connectivity index (χ2n) is 4.47. The van der Waals surface area contributed by atoms with Crippen molar-refractivity contribution in [2.75, 3.05) is 11.9 Å². The number of likely N-dealkylation sites (tertiary alicyclic amines) is 1. The summed E-state index contributed by atoms with van der Waals surface area (Å²) in [5.74, 6) is -1.84. The third kappa shape index (κ3) is 3.27. The molecule has 1 fully saturated rings. The third-order valence-corrected chi connectivity index (χ3v) is 3.31. The lowest BCUT2D eigenvalue weighted by Crippen LogP contribution is -2.43. The average Bonchev–Trinajstić information content (AvgIpc) is 2.74. The molecule has 1 aromatic carbocycles. The minimum Gasteiger partial charge on any atom is -0.480 e. The molecule has 7 heteroatoms. The van der Waals surface area contributed by atoms with Gasteiger partial charge in [-0.15, -0.1) is 0 Å². The molecule has 1 aliphatic rings. The predicted octanol–water partition coefficient (Wildman–Crippen LogP) is 1.35. The number of rotatable bonds is 4. The monoisotopic (exact) mass is 296 g/mol. The maximum Gasteiger partial charge on any atom is 0.326 e. The number of carbonyl (C=O) groups excluding carboxylic acids is 2. The van der Waals surface area contributed by atoms with Gasteiger partial charge in [0, 0.05) is 17.1 Å². The Morgan fingerprint density at radius 2 is 2.00 bits per heavy atom. The highest BCUT2D eigenvalue weighted by molar-refractivity contribution is 6.30. The second-order valence-corrected chi connectivity index (χ2v) is 4.91. The van der Waals surface area contributed by atoms with Crippen LogP contribution in [0.15, 0.2) is 24.3 Å². The molecular formula is C13H13ClN2O4. The van der Waals surface area contributed by atoms with E-state index in [0.29, 0.717) is 10.7 Å². The van der Waals surface area contributed by atoms with Crippen molar-refractivity contribution in [3.63, 3.8) is 0 Å². The molecule has 2 N–H and O–H groups in total. The molecule has 0 aliphatic carbocycles. The number of amides is 2. The van der Waals surface area contributed by atoms with Crippen LogP contribution in [0.3, 0.4) is 0 Å². The lowest BCUT2D eigenvalue weighted by molar-refractivity contribution is -0.147. The quantitative estimate of drug-likeness (QED) is 0.878. The molecule has 20 heavy (non-hydrogen) atoms. The Balaban J connectivity index is 1.98. The zero-order chi connectivity index (χ0) is 14.7. The summed E-state index contributed by atoms with van der Waals surface area (Å²) >= 11 is 5.73. The summed E-state index contributed by atoms with van der Waals surface area (Å²) in [6.07, 6.45) is 0.396. The van der Waals surface area contributed by atoms with Gasteiger partial charge in [-0.2, -0.15) is 0 Å². The van der Waals surface area contributed by atoms with Gasteiger partial charge in [-0.25, -0.2) is 4.79 Å². The number of aliphatic carboxylic acids is 1. The first kappa shape index (κ1) is 14.3. The molecule has 1 heterocycles. The lowest BCUT2D eigenvalue weighted by atomic mass is 10.2. The number of carboxylic acids is 1. The van der Waals surface area contributed by atoms with Gasteiger partial charge in [0.25, 0.3) is 0 Å². The van der Waals surface area contributed by atoms with Gasteiger partial charge in [-0.1, -0.05) is 11.6 Å². The standard InChI is InChI=1S/C13H13ClN2O4/c14-8-1-3-9(4-2-8)15-11(17)7-16-10(13(19)20)5-6-12(16)18/h1-4,10H,5-7H2,(H,15,17)(H,19,20). The van der Waals surface area contributed by atoms with Crippen LogP contribution in [0.4, 0.5) is 5.69 Å². The predicted molar refractivity (Wildman–Crippen MR) is 72.5 cm³/mol. The molecule has 0 aromatic heterocycles. The van der Waals surface area contributed by atoms with E-state index in [-0.39, 0.29) is 25.3 Å². The fourth-order valence-electron chi connectivity index (χ4n) is 2.08. The van der Waals surface area contributed by atoms with E-state index in [2.05, 4.69) is 5.32 Å². The Hall–Kier alpha value is -2.08. The molecule has 0 saturated carbocycles. The first-order chi connectivity index (χ1) is 9.47. The van der Waals surface area contributed by atoms with Crippen LogP contribution in [0.25, 0.3) is 0 Å². The van der Waals surface area contributed by atoms with Gasteiger partial charge in [0.15, 0.2) is 0 Å². The molecule has 106 valence electrons. The normalized spacial score (nSPS) is 18.1. The van der Waals surface area contributed by atoms with Crippen molar-refractivity contribution < 1.29 is 19.5 Å². The highest BCUT2D eigenvalue weighted by Gasteiger charge is 2.36. The van der Waals surface area contributed by atoms with Crippen molar-refractivity contribution in [1.82, 2.24) is 4.90 Å². The molecular weight excluding hydrogens is 284 g/mol. The SMILES string of the molecule is O=C(CN1C(=O)CCC1C(=O)O)Nc1ccc(Cl)cc1. The van der Waals surface area contributed by atoms with E-state index in [1.54, 1.807) is 24.3 Å². The van der Waals surface area contributed by atoms with Crippen LogP contribution in [0.2, 0.25) is 5.02 Å². The van der Waals surface area contributed by atoms with Gasteiger partial charge < -0.3 is 15.3 Å². The van der Waals surface area contributed by atoms with Crippen molar-refractivity contribution in [3.05, 3.63) is 29.3 Å². The molecule has 0 radical (unpaired) electrons. The van der Waals surface area contributed by atoms with Crippen molar-refractivity contribution in [3.8, 4) is 0 Å². The highest BCUT2D eigenvalue weighted by atomic mass is 35.5. The number of anilines is 1. The highest BCUT2D eigenvalue weighted by Crippen LogP contribution is 2.19. The number of carboxylic acid groups (broad SMARTS) is 1. The fraction of sp³-hybridized carbons (Fsp3) is 0.308. The molecule has 2 rings (SSSR count). The number of hydrogen-bond acceptors (Lipinski definition) is 3. The van der Waals surface area contributed by atoms with E-state index >= 15 is 0 Å². The summed E-state index contributed by atoms with van der Waals surface area (Å²) in [5.41, 5.74) is 0.540. The van der Waals surface area contributed by atoms with Crippen LogP contribution >= 0.6 is 11.6 Å². The van der Waals surface area contributed by atoms with Crippen molar-refractivity contribution in [1.29, 1.82) is 0 Å². The van der Waals surface area contributed by atoms with Gasteiger partial charge in [0.2, 0.25) is 11.8 Å². The van der Waals surface area contributed by atoms with E-state index in [1.165, 1.54) is 0 Å². The number of nitrogens with one attached hydrogen (secondary N) is 1. The molecule has 1 aliphatic heterocycles. The second kappa shape index (κ2) is 5.92. The number of hydrogen-bond donors (Lipinski definition) is 2. The number of benzene rings is 1. The molecule has 2 amide bonds. The summed E-state index contributed by atoms with van der Waals surface area (Å²) in [4.78, 5) is 35.5. The summed E-state index contributed by atoms with van der Waals surface area (Å²) in [5, 5.41) is 12.1. The Morgan fingerprint density at radius 1 is 1.35 bits per heavy atom. The Morgan fingerprint density at radius 3 is 2.60 bits per heavy atom. The molecule has 1 unspecified atom stereocenters. The largest absolute Gasteiger partial charge is 0.480 e. The summed E-state index contributed by atoms with van der Waals surface area (Å²) in [6, 6.07) is 5.58. The molecule has 0 spiro atoms. The first-order valence-electron chi connectivity index (χ1n) is 6.05. The van der Waals surface area contributed by atoms with Gasteiger partial charge in [0.1, 0.15) is 12.6 Å². The number of halogens is 1. The van der Waals surface area contributed by atoms with E-state index < -0.39 is 17.9 Å². The minimum atomic E-state index is -1.09. The van der Waals surface area contributed by atoms with Crippen LogP contribution < -0.4 is 5.32 Å². The number of nitrogens with zero attached hydrogens (tertiary/aromatic N) is 1. The third-order valence-electron chi connectivity index (χ3n) is 3.06. The topological polar surface area (TPSA) is 86.7 Å². The zero-order valence-electron chi connectivity index (χ0n) is 10.5. The molecule has 1 aromatic rings. The average molecular weight is 297 g/mol. The Kier molecular flexibility index (Phi) is 4.24. The minimum absolute atomic E-state index is 0.158. The van der Waals surface area contributed by atoms with E-state index in [0.717, 1.165) is 4.90 Å². The maximum absolute atomic E-state index is 11.8. The van der Waals surface area contributed by atoms with Crippen LogP contribution in [-0.4, -0.2) is 40.4 Å². The molecule has 1 saturated heterocycles. The van der Waals surface area contributed by atoms with Gasteiger partial charge in [0.05, 0.1) is 0 Å². The van der Waals surface area contributed by atoms with Crippen molar-refractivity contribution >= 4 is 35.1 Å². The van der Waals surface area contributed by atoms with E-state index in [4.69, 9.17) is 16.7 Å². The molecule has 0 bridgehead atoms. The van der Waals surface area contributed by atoms with Gasteiger partial charge in [-0.05, 0) is 30.7 Å². The van der Waals surface area contributed by atoms with Crippen molar-refractivity contribution in [2.45, 2.75) is 18.9 Å². The summed E-state index contributed by atoms with van der Waals surface area (Å²) in [7, 11) is 0. The summed E-state index contributed by atoms with van der Waals surface area (Å²) < 4.78 is 0. The Labute approximate surface area is 120 Å². The van der Waals surface area contributed by atoms with E-state index in [1.807, 2.05) is 0 Å². The number of carbonyl (C=O) groups is 3. The fourth-order valence-corrected chi connectivity index (χ4v) is 2.20. The van der Waals surface area contributed by atoms with Gasteiger partial charge in [-0.3, -0.25) is 9.59 Å². The maximum atomic E-state index is 11.8. The summed E-state index contributed by atoms with van der Waals surface area (Å²) in [6.45, 7) is -0.265. The first-order valence-corrected chi connectivity index (χ1v) is 6.43. The van der Waals surface area contributed by atoms with Crippen LogP contribution in [0.1, 0.15) is 12.8 Å². The van der Waals surface area contributed by atoms with Crippen LogP contribution in [0, 0.1) is 0 Å². The smallest absolute Gasteiger partial charge is 0.326 e. The Bertz CT molecular complexity index is 544. The molecule has 6 nitrogen and oxygen atoms in total. The van der Waals surface area contributed by atoms with E-state index in [9.17, 15) is 14.4 Å². The van der Waals surface area contributed by atoms with Gasteiger partial charge >= 0.3 is 5.97 Å². The molecule has 1 atom stereocenters. The van der Waals surface area contributed by atoms with Crippen LogP contribution in [-0.2, 0) is 14.4 Å².